The van der Waals surface area contributed by atoms with E-state index >= 15 is 0 Å². The van der Waals surface area contributed by atoms with Crippen LogP contribution in [0.25, 0.3) is 28.3 Å². The summed E-state index contributed by atoms with van der Waals surface area (Å²) in [5.41, 5.74) is 6.08. The van der Waals surface area contributed by atoms with Crippen LogP contribution in [0.1, 0.15) is 11.4 Å². The second-order valence-corrected chi connectivity index (χ2v) is 10.5. The van der Waals surface area contributed by atoms with Crippen LogP contribution in [0.4, 0.5) is 5.69 Å². The Labute approximate surface area is 228 Å². The number of piperazine rings is 1. The van der Waals surface area contributed by atoms with Crippen LogP contribution in [0.2, 0.25) is 0 Å². The van der Waals surface area contributed by atoms with Gasteiger partial charge >= 0.3 is 5.69 Å². The van der Waals surface area contributed by atoms with Crippen LogP contribution in [0.15, 0.2) is 83.8 Å². The second-order valence-electron chi connectivity index (χ2n) is 10.5. The third-order valence-electron chi connectivity index (χ3n) is 7.55. The normalized spacial score (nSPS) is 14.7. The van der Waals surface area contributed by atoms with Crippen LogP contribution >= 0.6 is 0 Å². The van der Waals surface area contributed by atoms with Crippen LogP contribution < -0.4 is 10.6 Å². The van der Waals surface area contributed by atoms with E-state index < -0.39 is 0 Å². The van der Waals surface area contributed by atoms with Crippen LogP contribution in [0.3, 0.4) is 0 Å². The van der Waals surface area contributed by atoms with Gasteiger partial charge in [-0.15, -0.1) is 0 Å². The average molecular weight is 522 g/mol. The third kappa shape index (κ3) is 4.95. The number of hydrogen-bond acceptors (Lipinski definition) is 5. The monoisotopic (exact) mass is 521 g/mol. The summed E-state index contributed by atoms with van der Waals surface area (Å²) in [6.07, 6.45) is 4.01. The molecule has 5 aromatic rings. The minimum absolute atomic E-state index is 0.0328. The van der Waals surface area contributed by atoms with Crippen molar-refractivity contribution in [2.24, 2.45) is 0 Å². The van der Waals surface area contributed by atoms with Gasteiger partial charge in [0.05, 0.1) is 35.2 Å². The van der Waals surface area contributed by atoms with Crippen LogP contribution in [-0.4, -0.2) is 75.8 Å². The molecule has 39 heavy (non-hydrogen) atoms. The fourth-order valence-electron chi connectivity index (χ4n) is 5.35. The molecule has 0 atom stereocenters. The molecule has 0 N–H and O–H groups in total. The molecule has 0 saturated carbocycles. The first-order chi connectivity index (χ1) is 19.0. The van der Waals surface area contributed by atoms with Crippen molar-refractivity contribution in [3.63, 3.8) is 0 Å². The van der Waals surface area contributed by atoms with Gasteiger partial charge in [-0.05, 0) is 49.0 Å². The predicted octanol–water partition coefficient (Wildman–Crippen LogP) is 3.99. The largest absolute Gasteiger partial charge is 0.382 e. The van der Waals surface area contributed by atoms with E-state index in [0.29, 0.717) is 13.1 Å². The average Bonchev–Trinajstić information content (AvgIpc) is 3.43. The molecular weight excluding hydrogens is 486 g/mol. The summed E-state index contributed by atoms with van der Waals surface area (Å²) in [5, 5.41) is 0. The first-order valence-electron chi connectivity index (χ1n) is 13.5. The minimum Gasteiger partial charge on any atom is -0.382 e. The molecule has 1 fully saturated rings. The second kappa shape index (κ2) is 10.5. The van der Waals surface area contributed by atoms with Gasteiger partial charge in [0, 0.05) is 58.4 Å². The zero-order chi connectivity index (χ0) is 26.9. The summed E-state index contributed by atoms with van der Waals surface area (Å²) in [6.45, 7) is 5.13. The van der Waals surface area contributed by atoms with E-state index in [4.69, 9.17) is 4.98 Å². The van der Waals surface area contributed by atoms with Gasteiger partial charge in [0.25, 0.3) is 0 Å². The standard InChI is InChI=1S/C31H35N7O/c1-33(2)16-21-36-27-9-5-4-8-26(27)32-30(36)23-38-29-11-7-6-10-28(29)37(31(38)39)22-24-12-14-25(15-13-24)35-19-17-34(3)18-20-35/h4-16,21H,17-20,22-23H2,1-3H3/b21-16+. The van der Waals surface area contributed by atoms with Crippen LogP contribution in [0.5, 0.6) is 0 Å². The molecule has 0 bridgehead atoms. The fourth-order valence-corrected chi connectivity index (χ4v) is 5.35. The Bertz CT molecular complexity index is 1680. The number of benzene rings is 3. The number of anilines is 1. The maximum atomic E-state index is 13.9. The fraction of sp³-hybridized carbons (Fsp3) is 0.290. The van der Waals surface area contributed by atoms with Gasteiger partial charge < -0.3 is 19.3 Å². The van der Waals surface area contributed by atoms with Gasteiger partial charge in [-0.25, -0.2) is 9.78 Å². The zero-order valence-corrected chi connectivity index (χ0v) is 22.9. The van der Waals surface area contributed by atoms with E-state index in [2.05, 4.69) is 51.7 Å². The molecule has 200 valence electrons. The highest BCUT2D eigenvalue weighted by molar-refractivity contribution is 5.79. The van der Waals surface area contributed by atoms with E-state index in [1.165, 1.54) is 5.69 Å². The van der Waals surface area contributed by atoms with E-state index in [1.807, 2.05) is 83.0 Å². The molecule has 1 aliphatic heterocycles. The smallest absolute Gasteiger partial charge is 0.329 e. The molecule has 1 aliphatic rings. The lowest BCUT2D eigenvalue weighted by Crippen LogP contribution is -2.44. The van der Waals surface area contributed by atoms with Crippen LogP contribution in [-0.2, 0) is 13.1 Å². The summed E-state index contributed by atoms with van der Waals surface area (Å²) < 4.78 is 5.79. The molecule has 3 heterocycles. The Kier molecular flexibility index (Phi) is 6.70. The summed E-state index contributed by atoms with van der Waals surface area (Å²) >= 11 is 0. The highest BCUT2D eigenvalue weighted by atomic mass is 16.1. The van der Waals surface area contributed by atoms with E-state index in [9.17, 15) is 4.79 Å². The van der Waals surface area contributed by atoms with Crippen molar-refractivity contribution >= 4 is 34.0 Å². The Hall–Kier alpha value is -4.30. The summed E-state index contributed by atoms with van der Waals surface area (Å²) in [5.74, 6) is 0.816. The molecular formula is C31H35N7O. The molecule has 0 unspecified atom stereocenters. The van der Waals surface area contributed by atoms with Crippen molar-refractivity contribution < 1.29 is 0 Å². The first-order valence-corrected chi connectivity index (χ1v) is 13.5. The minimum atomic E-state index is -0.0328. The first kappa shape index (κ1) is 25.0. The van der Waals surface area contributed by atoms with Gasteiger partial charge in [0.2, 0.25) is 0 Å². The van der Waals surface area contributed by atoms with Crippen LogP contribution in [0, 0.1) is 0 Å². The Balaban J connectivity index is 1.34. The maximum absolute atomic E-state index is 13.9. The molecule has 1 saturated heterocycles. The Morgan fingerprint density at radius 2 is 1.41 bits per heavy atom. The molecule has 0 aliphatic carbocycles. The quantitative estimate of drug-likeness (QED) is 0.324. The van der Waals surface area contributed by atoms with Gasteiger partial charge in [-0.1, -0.05) is 36.4 Å². The lowest BCUT2D eigenvalue weighted by atomic mass is 10.1. The van der Waals surface area contributed by atoms with E-state index in [-0.39, 0.29) is 5.69 Å². The molecule has 0 radical (unpaired) electrons. The number of imidazole rings is 2. The van der Waals surface area contributed by atoms with Crippen molar-refractivity contribution in [2.45, 2.75) is 13.1 Å². The van der Waals surface area contributed by atoms with Gasteiger partial charge in [-0.2, -0.15) is 0 Å². The highest BCUT2D eigenvalue weighted by Gasteiger charge is 2.18. The van der Waals surface area contributed by atoms with E-state index in [0.717, 1.165) is 59.6 Å². The number of likely N-dealkylation sites (N-methyl/N-ethyl adjacent to an activating group) is 1. The predicted molar refractivity (Wildman–Crippen MR) is 159 cm³/mol. The van der Waals surface area contributed by atoms with E-state index in [1.54, 1.807) is 0 Å². The number of fused-ring (bicyclic) bond motifs is 2. The molecule has 0 amide bonds. The maximum Gasteiger partial charge on any atom is 0.329 e. The zero-order valence-electron chi connectivity index (χ0n) is 22.9. The summed E-state index contributed by atoms with van der Waals surface area (Å²) in [7, 11) is 6.15. The molecule has 8 nitrogen and oxygen atoms in total. The Morgan fingerprint density at radius 3 is 2.08 bits per heavy atom. The highest BCUT2D eigenvalue weighted by Crippen LogP contribution is 2.22. The lowest BCUT2D eigenvalue weighted by Gasteiger charge is -2.34. The number of hydrogen-bond donors (Lipinski definition) is 0. The van der Waals surface area contributed by atoms with Gasteiger partial charge in [0.1, 0.15) is 5.82 Å². The summed E-state index contributed by atoms with van der Waals surface area (Å²) in [4.78, 5) is 25.6. The van der Waals surface area contributed by atoms with Gasteiger partial charge in [-0.3, -0.25) is 9.13 Å². The molecule has 0 spiro atoms. The SMILES string of the molecule is CN(C)/C=C/n1c(Cn2c(=O)n(Cc3ccc(N4CCN(C)CC4)cc3)c3ccccc32)nc2ccccc21. The number of nitrogens with zero attached hydrogens (tertiary/aromatic N) is 7. The number of aromatic nitrogens is 4. The van der Waals surface area contributed by atoms with Crippen molar-refractivity contribution in [2.75, 3.05) is 52.2 Å². The topological polar surface area (TPSA) is 54.5 Å². The van der Waals surface area contributed by atoms with Crippen molar-refractivity contribution in [3.05, 3.63) is 101 Å². The third-order valence-corrected chi connectivity index (χ3v) is 7.55. The molecule has 2 aromatic heterocycles. The Morgan fingerprint density at radius 1 is 0.795 bits per heavy atom. The van der Waals surface area contributed by atoms with Gasteiger partial charge in [0.15, 0.2) is 0 Å². The molecule has 6 rings (SSSR count). The van der Waals surface area contributed by atoms with Crippen molar-refractivity contribution in [1.29, 1.82) is 0 Å². The molecule has 3 aromatic carbocycles. The molecule has 8 heteroatoms. The number of rotatable bonds is 7. The lowest BCUT2D eigenvalue weighted by molar-refractivity contribution is 0.313. The summed E-state index contributed by atoms with van der Waals surface area (Å²) in [6, 6.07) is 24.8. The number of para-hydroxylation sites is 4. The van der Waals surface area contributed by atoms with Crippen molar-refractivity contribution in [3.8, 4) is 0 Å². The van der Waals surface area contributed by atoms with Crippen molar-refractivity contribution in [1.82, 2.24) is 28.5 Å².